The highest BCUT2D eigenvalue weighted by Crippen LogP contribution is 2.30. The van der Waals surface area contributed by atoms with Crippen molar-refractivity contribution in [3.8, 4) is 0 Å². The van der Waals surface area contributed by atoms with Gasteiger partial charge in [-0.25, -0.2) is 4.79 Å². The molecule has 1 aliphatic carbocycles. The summed E-state index contributed by atoms with van der Waals surface area (Å²) in [5.41, 5.74) is 1.66. The number of fused-ring (bicyclic) bond motifs is 1. The van der Waals surface area contributed by atoms with E-state index in [1.165, 1.54) is 19.4 Å². The molecule has 1 saturated carbocycles. The number of piperazine rings is 1. The molecule has 0 atom stereocenters. The largest absolute Gasteiger partial charge is 0.464 e. The fourth-order valence-corrected chi connectivity index (χ4v) is 3.05. The monoisotopic (exact) mass is 299 g/mol. The summed E-state index contributed by atoms with van der Waals surface area (Å²) in [4.78, 5) is 16.7. The van der Waals surface area contributed by atoms with Crippen LogP contribution in [0.15, 0.2) is 34.9 Å². The Morgan fingerprint density at radius 3 is 2.77 bits per heavy atom. The zero-order valence-electron chi connectivity index (χ0n) is 12.6. The second kappa shape index (κ2) is 5.65. The number of rotatable bonds is 3. The van der Waals surface area contributed by atoms with E-state index in [1.54, 1.807) is 6.26 Å². The molecule has 2 amide bonds. The summed E-state index contributed by atoms with van der Waals surface area (Å²) in [5.74, 6) is 0.919. The molecule has 2 heterocycles. The van der Waals surface area contributed by atoms with E-state index in [9.17, 15) is 4.79 Å². The van der Waals surface area contributed by atoms with Crippen molar-refractivity contribution in [3.63, 3.8) is 0 Å². The van der Waals surface area contributed by atoms with E-state index in [0.717, 1.165) is 48.8 Å². The van der Waals surface area contributed by atoms with E-state index in [4.69, 9.17) is 4.42 Å². The van der Waals surface area contributed by atoms with Crippen molar-refractivity contribution in [2.75, 3.05) is 38.0 Å². The van der Waals surface area contributed by atoms with E-state index in [0.29, 0.717) is 0 Å². The van der Waals surface area contributed by atoms with Crippen LogP contribution in [0.2, 0.25) is 0 Å². The molecular formula is C17H21N3O2. The standard InChI is InChI=1S/C17H21N3O2/c21-17(18-15-3-4-16-14(11-15)5-10-22-16)20-8-6-19(7-9-20)12-13-1-2-13/h3-5,10-11,13H,1-2,6-9,12H2,(H,18,21). The van der Waals surface area contributed by atoms with Gasteiger partial charge >= 0.3 is 6.03 Å². The summed E-state index contributed by atoms with van der Waals surface area (Å²) in [5, 5.41) is 3.99. The van der Waals surface area contributed by atoms with Crippen molar-refractivity contribution in [1.29, 1.82) is 0 Å². The molecule has 0 unspecified atom stereocenters. The third-order valence-corrected chi connectivity index (χ3v) is 4.58. The molecule has 5 heteroatoms. The molecule has 1 saturated heterocycles. The number of anilines is 1. The summed E-state index contributed by atoms with van der Waals surface area (Å²) in [6.07, 6.45) is 4.43. The number of nitrogens with one attached hydrogen (secondary N) is 1. The number of hydrogen-bond acceptors (Lipinski definition) is 3. The molecule has 2 fully saturated rings. The lowest BCUT2D eigenvalue weighted by molar-refractivity contribution is 0.144. The van der Waals surface area contributed by atoms with Crippen molar-refractivity contribution >= 4 is 22.7 Å². The molecule has 1 aromatic carbocycles. The number of carbonyl (C=O) groups excluding carboxylic acids is 1. The summed E-state index contributed by atoms with van der Waals surface area (Å²) >= 11 is 0. The van der Waals surface area contributed by atoms with E-state index in [-0.39, 0.29) is 6.03 Å². The predicted octanol–water partition coefficient (Wildman–Crippen LogP) is 2.99. The molecule has 116 valence electrons. The zero-order valence-corrected chi connectivity index (χ0v) is 12.6. The van der Waals surface area contributed by atoms with Crippen molar-refractivity contribution in [1.82, 2.24) is 9.80 Å². The minimum Gasteiger partial charge on any atom is -0.464 e. The first-order valence-corrected chi connectivity index (χ1v) is 8.03. The van der Waals surface area contributed by atoms with Gasteiger partial charge in [0.25, 0.3) is 0 Å². The number of benzene rings is 1. The Labute approximate surface area is 129 Å². The first kappa shape index (κ1) is 13.6. The Kier molecular flexibility index (Phi) is 3.50. The molecule has 1 N–H and O–H groups in total. The van der Waals surface area contributed by atoms with Crippen LogP contribution in [0.3, 0.4) is 0 Å². The highest BCUT2D eigenvalue weighted by Gasteiger charge is 2.27. The SMILES string of the molecule is O=C(Nc1ccc2occc2c1)N1CCN(CC2CC2)CC1. The van der Waals surface area contributed by atoms with E-state index < -0.39 is 0 Å². The van der Waals surface area contributed by atoms with Crippen LogP contribution >= 0.6 is 0 Å². The molecule has 22 heavy (non-hydrogen) atoms. The minimum atomic E-state index is -0.00563. The van der Waals surface area contributed by atoms with Crippen LogP contribution in [-0.4, -0.2) is 48.6 Å². The van der Waals surface area contributed by atoms with Gasteiger partial charge in [-0.2, -0.15) is 0 Å². The first-order valence-electron chi connectivity index (χ1n) is 8.03. The third-order valence-electron chi connectivity index (χ3n) is 4.58. The maximum Gasteiger partial charge on any atom is 0.321 e. The van der Waals surface area contributed by atoms with Crippen molar-refractivity contribution in [2.24, 2.45) is 5.92 Å². The average molecular weight is 299 g/mol. The van der Waals surface area contributed by atoms with Crippen LogP contribution in [0.4, 0.5) is 10.5 Å². The average Bonchev–Trinajstić information content (AvgIpc) is 3.22. The number of amides is 2. The van der Waals surface area contributed by atoms with Crippen LogP contribution in [0.5, 0.6) is 0 Å². The lowest BCUT2D eigenvalue weighted by Crippen LogP contribution is -2.50. The van der Waals surface area contributed by atoms with Gasteiger partial charge in [-0.3, -0.25) is 4.90 Å². The topological polar surface area (TPSA) is 48.7 Å². The Morgan fingerprint density at radius 2 is 2.00 bits per heavy atom. The summed E-state index contributed by atoms with van der Waals surface area (Å²) in [7, 11) is 0. The van der Waals surface area contributed by atoms with Crippen molar-refractivity contribution in [3.05, 3.63) is 30.5 Å². The predicted molar refractivity (Wildman–Crippen MR) is 86.0 cm³/mol. The molecule has 4 rings (SSSR count). The van der Waals surface area contributed by atoms with Gasteiger partial charge in [0, 0.05) is 43.8 Å². The first-order chi connectivity index (χ1) is 10.8. The molecule has 2 aliphatic rings. The van der Waals surface area contributed by atoms with Crippen LogP contribution < -0.4 is 5.32 Å². The second-order valence-electron chi connectivity index (χ2n) is 6.33. The van der Waals surface area contributed by atoms with Gasteiger partial charge in [-0.1, -0.05) is 0 Å². The van der Waals surface area contributed by atoms with Crippen LogP contribution in [0.25, 0.3) is 11.0 Å². The number of urea groups is 1. The highest BCUT2D eigenvalue weighted by molar-refractivity contribution is 5.92. The lowest BCUT2D eigenvalue weighted by atomic mass is 10.2. The van der Waals surface area contributed by atoms with Crippen LogP contribution in [-0.2, 0) is 0 Å². The summed E-state index contributed by atoms with van der Waals surface area (Å²) in [6, 6.07) is 7.61. The Hall–Kier alpha value is -2.01. The Balaban J connectivity index is 1.33. The summed E-state index contributed by atoms with van der Waals surface area (Å²) in [6.45, 7) is 4.82. The van der Waals surface area contributed by atoms with Gasteiger partial charge in [0.2, 0.25) is 0 Å². The number of nitrogens with zero attached hydrogens (tertiary/aromatic N) is 2. The van der Waals surface area contributed by atoms with Gasteiger partial charge < -0.3 is 14.6 Å². The van der Waals surface area contributed by atoms with Gasteiger partial charge in [-0.05, 0) is 43.0 Å². The molecule has 1 aromatic heterocycles. The lowest BCUT2D eigenvalue weighted by Gasteiger charge is -2.34. The van der Waals surface area contributed by atoms with Gasteiger partial charge in [-0.15, -0.1) is 0 Å². The van der Waals surface area contributed by atoms with Gasteiger partial charge in [0.05, 0.1) is 6.26 Å². The second-order valence-corrected chi connectivity index (χ2v) is 6.33. The van der Waals surface area contributed by atoms with Crippen molar-refractivity contribution < 1.29 is 9.21 Å². The maximum atomic E-state index is 12.4. The third kappa shape index (κ3) is 2.95. The van der Waals surface area contributed by atoms with E-state index in [1.807, 2.05) is 29.2 Å². The van der Waals surface area contributed by atoms with Crippen molar-refractivity contribution in [2.45, 2.75) is 12.8 Å². The smallest absolute Gasteiger partial charge is 0.321 e. The molecule has 0 spiro atoms. The molecule has 0 bridgehead atoms. The Bertz CT molecular complexity index is 669. The van der Waals surface area contributed by atoms with Crippen LogP contribution in [0.1, 0.15) is 12.8 Å². The van der Waals surface area contributed by atoms with Gasteiger partial charge in [0.1, 0.15) is 5.58 Å². The number of furan rings is 1. The number of hydrogen-bond donors (Lipinski definition) is 1. The molecule has 0 radical (unpaired) electrons. The van der Waals surface area contributed by atoms with Crippen LogP contribution in [0, 0.1) is 5.92 Å². The minimum absolute atomic E-state index is 0.00563. The maximum absolute atomic E-state index is 12.4. The quantitative estimate of drug-likeness (QED) is 0.948. The molecular weight excluding hydrogens is 278 g/mol. The normalized spacial score (nSPS) is 19.5. The molecule has 2 aromatic rings. The molecule has 1 aliphatic heterocycles. The zero-order chi connectivity index (χ0) is 14.9. The van der Waals surface area contributed by atoms with E-state index >= 15 is 0 Å². The summed E-state index contributed by atoms with van der Waals surface area (Å²) < 4.78 is 5.31. The fraction of sp³-hybridized carbons (Fsp3) is 0.471. The number of carbonyl (C=O) groups is 1. The molecule has 5 nitrogen and oxygen atoms in total. The highest BCUT2D eigenvalue weighted by atomic mass is 16.3. The Morgan fingerprint density at radius 1 is 1.18 bits per heavy atom. The fourth-order valence-electron chi connectivity index (χ4n) is 3.05. The van der Waals surface area contributed by atoms with E-state index in [2.05, 4.69) is 10.2 Å². The van der Waals surface area contributed by atoms with Gasteiger partial charge in [0.15, 0.2) is 0 Å².